The van der Waals surface area contributed by atoms with Crippen LogP contribution in [0, 0.1) is 5.92 Å². The fourth-order valence-electron chi connectivity index (χ4n) is 3.04. The van der Waals surface area contributed by atoms with Gasteiger partial charge in [0.15, 0.2) is 0 Å². The summed E-state index contributed by atoms with van der Waals surface area (Å²) >= 11 is 0. The lowest BCUT2D eigenvalue weighted by atomic mass is 9.84. The van der Waals surface area contributed by atoms with Crippen molar-refractivity contribution in [2.75, 3.05) is 13.7 Å². The number of likely N-dealkylation sites (N-methyl/N-ethyl adjacent to an activating group) is 1. The first-order chi connectivity index (χ1) is 9.45. The molecule has 0 heterocycles. The summed E-state index contributed by atoms with van der Waals surface area (Å²) < 4.78 is 5.10. The maximum Gasteiger partial charge on any atom is 0.326 e. The van der Waals surface area contributed by atoms with E-state index in [-0.39, 0.29) is 23.8 Å². The predicted molar refractivity (Wildman–Crippen MR) is 76.8 cm³/mol. The maximum absolute atomic E-state index is 12.0. The van der Waals surface area contributed by atoms with Gasteiger partial charge in [0.05, 0.1) is 12.6 Å². The van der Waals surface area contributed by atoms with Crippen molar-refractivity contribution in [2.24, 2.45) is 17.4 Å². The first kappa shape index (κ1) is 16.9. The highest BCUT2D eigenvalue weighted by molar-refractivity contribution is 5.81. The Morgan fingerprint density at radius 3 is 2.75 bits per heavy atom. The van der Waals surface area contributed by atoms with E-state index in [0.717, 1.165) is 25.7 Å². The normalized spacial score (nSPS) is 27.2. The van der Waals surface area contributed by atoms with Crippen molar-refractivity contribution in [2.45, 2.75) is 57.0 Å². The monoisotopic (exact) mass is 285 g/mol. The topological polar surface area (TPSA) is 107 Å². The number of amides is 1. The molecule has 1 saturated carbocycles. The number of primary amides is 1. The SMILES string of the molecule is CCOC(=O)C1(N)CCCC1CCCC(NC)C(N)=O. The van der Waals surface area contributed by atoms with E-state index in [1.54, 1.807) is 14.0 Å². The summed E-state index contributed by atoms with van der Waals surface area (Å²) in [5.74, 6) is -0.502. The number of esters is 1. The molecule has 1 rings (SSSR count). The van der Waals surface area contributed by atoms with Crippen LogP contribution in [0.3, 0.4) is 0 Å². The predicted octanol–water partition coefficient (Wildman–Crippen LogP) is 0.291. The van der Waals surface area contributed by atoms with Crippen LogP contribution >= 0.6 is 0 Å². The minimum Gasteiger partial charge on any atom is -0.465 e. The molecule has 0 saturated heterocycles. The summed E-state index contributed by atoms with van der Waals surface area (Å²) in [7, 11) is 1.72. The maximum atomic E-state index is 12.0. The summed E-state index contributed by atoms with van der Waals surface area (Å²) in [5, 5.41) is 2.89. The van der Waals surface area contributed by atoms with Crippen LogP contribution in [-0.2, 0) is 14.3 Å². The number of nitrogens with two attached hydrogens (primary N) is 2. The lowest BCUT2D eigenvalue weighted by Crippen LogP contribution is -2.52. The molecule has 116 valence electrons. The number of carbonyl (C=O) groups excluding carboxylic acids is 2. The van der Waals surface area contributed by atoms with Crippen molar-refractivity contribution in [3.63, 3.8) is 0 Å². The van der Waals surface area contributed by atoms with Crippen molar-refractivity contribution in [1.82, 2.24) is 5.32 Å². The molecular weight excluding hydrogens is 258 g/mol. The molecule has 1 fully saturated rings. The van der Waals surface area contributed by atoms with Crippen LogP contribution in [0.1, 0.15) is 45.4 Å². The van der Waals surface area contributed by atoms with Crippen LogP contribution in [0.25, 0.3) is 0 Å². The number of hydrogen-bond donors (Lipinski definition) is 3. The molecule has 0 aromatic heterocycles. The molecule has 1 aliphatic rings. The van der Waals surface area contributed by atoms with Gasteiger partial charge in [-0.3, -0.25) is 9.59 Å². The molecule has 5 N–H and O–H groups in total. The minimum absolute atomic E-state index is 0.131. The first-order valence-corrected chi connectivity index (χ1v) is 7.38. The molecule has 1 aliphatic carbocycles. The lowest BCUT2D eigenvalue weighted by Gasteiger charge is -2.29. The summed E-state index contributed by atoms with van der Waals surface area (Å²) in [4.78, 5) is 23.1. The zero-order valence-electron chi connectivity index (χ0n) is 12.5. The number of carbonyl (C=O) groups is 2. The van der Waals surface area contributed by atoms with E-state index in [1.807, 2.05) is 0 Å². The molecule has 0 aromatic carbocycles. The van der Waals surface area contributed by atoms with E-state index < -0.39 is 5.54 Å². The third-order valence-electron chi connectivity index (χ3n) is 4.26. The van der Waals surface area contributed by atoms with Gasteiger partial charge in [0.25, 0.3) is 0 Å². The highest BCUT2D eigenvalue weighted by Crippen LogP contribution is 2.38. The van der Waals surface area contributed by atoms with Crippen molar-refractivity contribution < 1.29 is 14.3 Å². The van der Waals surface area contributed by atoms with Crippen molar-refractivity contribution in [1.29, 1.82) is 0 Å². The summed E-state index contributed by atoms with van der Waals surface area (Å²) in [6.45, 7) is 2.14. The molecular formula is C14H27N3O3. The largest absolute Gasteiger partial charge is 0.465 e. The summed E-state index contributed by atoms with van der Waals surface area (Å²) in [5.41, 5.74) is 10.7. The van der Waals surface area contributed by atoms with Crippen molar-refractivity contribution in [3.8, 4) is 0 Å². The Morgan fingerprint density at radius 2 is 2.20 bits per heavy atom. The number of rotatable bonds is 8. The molecule has 6 heteroatoms. The van der Waals surface area contributed by atoms with Crippen molar-refractivity contribution in [3.05, 3.63) is 0 Å². The standard InChI is InChI=1S/C14H27N3O3/c1-3-20-13(19)14(16)9-5-7-10(14)6-4-8-11(17-2)12(15)18/h10-11,17H,3-9,16H2,1-2H3,(H2,15,18). The molecule has 0 aliphatic heterocycles. The van der Waals surface area contributed by atoms with Gasteiger partial charge >= 0.3 is 5.97 Å². The van der Waals surface area contributed by atoms with Crippen LogP contribution < -0.4 is 16.8 Å². The second kappa shape index (κ2) is 7.59. The average Bonchev–Trinajstić information content (AvgIpc) is 2.77. The Bertz CT molecular complexity index is 349. The molecule has 0 bridgehead atoms. The Kier molecular flexibility index (Phi) is 6.42. The van der Waals surface area contributed by atoms with E-state index in [1.165, 1.54) is 0 Å². The zero-order chi connectivity index (χ0) is 15.2. The first-order valence-electron chi connectivity index (χ1n) is 7.38. The van der Waals surface area contributed by atoms with E-state index in [2.05, 4.69) is 5.32 Å². The molecule has 0 radical (unpaired) electrons. The van der Waals surface area contributed by atoms with Gasteiger partial charge in [-0.1, -0.05) is 12.8 Å². The molecule has 3 unspecified atom stereocenters. The van der Waals surface area contributed by atoms with E-state index in [9.17, 15) is 9.59 Å². The van der Waals surface area contributed by atoms with Crippen molar-refractivity contribution >= 4 is 11.9 Å². The van der Waals surface area contributed by atoms with Crippen LogP contribution in [0.4, 0.5) is 0 Å². The molecule has 20 heavy (non-hydrogen) atoms. The fraction of sp³-hybridized carbons (Fsp3) is 0.857. The van der Waals surface area contributed by atoms with E-state index in [4.69, 9.17) is 16.2 Å². The number of hydrogen-bond acceptors (Lipinski definition) is 5. The average molecular weight is 285 g/mol. The third kappa shape index (κ3) is 3.93. The number of nitrogens with one attached hydrogen (secondary N) is 1. The van der Waals surface area contributed by atoms with E-state index >= 15 is 0 Å². The van der Waals surface area contributed by atoms with Gasteiger partial charge in [-0.05, 0) is 45.6 Å². The quantitative estimate of drug-likeness (QED) is 0.556. The minimum atomic E-state index is -0.849. The fourth-order valence-corrected chi connectivity index (χ4v) is 3.04. The third-order valence-corrected chi connectivity index (χ3v) is 4.26. The van der Waals surface area contributed by atoms with E-state index in [0.29, 0.717) is 19.4 Å². The van der Waals surface area contributed by atoms with Gasteiger partial charge in [-0.15, -0.1) is 0 Å². The highest BCUT2D eigenvalue weighted by atomic mass is 16.5. The van der Waals surface area contributed by atoms with Gasteiger partial charge in [0, 0.05) is 0 Å². The van der Waals surface area contributed by atoms with Gasteiger partial charge in [-0.2, -0.15) is 0 Å². The summed E-state index contributed by atoms with van der Waals surface area (Å²) in [6, 6.07) is -0.314. The van der Waals surface area contributed by atoms with Gasteiger partial charge < -0.3 is 21.5 Å². The molecule has 0 spiro atoms. The number of ether oxygens (including phenoxy) is 1. The second-order valence-corrected chi connectivity index (χ2v) is 5.52. The Morgan fingerprint density at radius 1 is 1.50 bits per heavy atom. The zero-order valence-corrected chi connectivity index (χ0v) is 12.5. The van der Waals surface area contributed by atoms with Crippen LogP contribution in [-0.4, -0.2) is 37.1 Å². The Balaban J connectivity index is 2.50. The van der Waals surface area contributed by atoms with Crippen LogP contribution in [0.15, 0.2) is 0 Å². The van der Waals surface area contributed by atoms with Gasteiger partial charge in [-0.25, -0.2) is 0 Å². The van der Waals surface area contributed by atoms with Crippen LogP contribution in [0.2, 0.25) is 0 Å². The Hall–Kier alpha value is -1.14. The lowest BCUT2D eigenvalue weighted by molar-refractivity contribution is -0.151. The second-order valence-electron chi connectivity index (χ2n) is 5.52. The van der Waals surface area contributed by atoms with Crippen LogP contribution in [0.5, 0.6) is 0 Å². The molecule has 3 atom stereocenters. The van der Waals surface area contributed by atoms with Gasteiger partial charge in [0.1, 0.15) is 5.54 Å². The van der Waals surface area contributed by atoms with Gasteiger partial charge in [0.2, 0.25) is 5.91 Å². The Labute approximate surface area is 120 Å². The summed E-state index contributed by atoms with van der Waals surface area (Å²) in [6.07, 6.45) is 4.88. The highest BCUT2D eigenvalue weighted by Gasteiger charge is 2.46. The molecule has 6 nitrogen and oxygen atoms in total. The smallest absolute Gasteiger partial charge is 0.326 e. The molecule has 1 amide bonds. The molecule has 0 aromatic rings.